The molecule has 1 aliphatic heterocycles. The van der Waals surface area contributed by atoms with Crippen LogP contribution in [0.2, 0.25) is 0 Å². The number of thiocarbonyl (C=S) groups is 1. The van der Waals surface area contributed by atoms with Crippen LogP contribution in [-0.2, 0) is 4.79 Å². The van der Waals surface area contributed by atoms with Crippen molar-refractivity contribution in [1.82, 2.24) is 10.2 Å². The van der Waals surface area contributed by atoms with E-state index in [1.807, 2.05) is 4.90 Å². The zero-order valence-electron chi connectivity index (χ0n) is 12.7. The number of carbonyl (C=O) groups excluding carboxylic acids is 1. The Labute approximate surface area is 140 Å². The summed E-state index contributed by atoms with van der Waals surface area (Å²) in [7, 11) is 0. The van der Waals surface area contributed by atoms with E-state index in [-0.39, 0.29) is 11.6 Å². The summed E-state index contributed by atoms with van der Waals surface area (Å²) in [4.78, 5) is 24.1. The number of nitrogens with one attached hydrogen (secondary N) is 1. The van der Waals surface area contributed by atoms with E-state index in [0.717, 1.165) is 25.9 Å². The molecule has 0 spiro atoms. The second kappa shape index (κ2) is 8.38. The summed E-state index contributed by atoms with van der Waals surface area (Å²) >= 11 is 5.27. The first-order chi connectivity index (χ1) is 11.1. The van der Waals surface area contributed by atoms with Gasteiger partial charge >= 0.3 is 0 Å². The van der Waals surface area contributed by atoms with Crippen LogP contribution in [0.15, 0.2) is 30.3 Å². The Bertz CT molecular complexity index is 606. The van der Waals surface area contributed by atoms with Gasteiger partial charge in [0.05, 0.1) is 4.92 Å². The lowest BCUT2D eigenvalue weighted by molar-refractivity contribution is -0.384. The molecule has 1 aliphatic rings. The third-order valence-electron chi connectivity index (χ3n) is 3.65. The summed E-state index contributed by atoms with van der Waals surface area (Å²) in [6.45, 7) is 1.76. The molecule has 0 aliphatic carbocycles. The molecular weight excluding hydrogens is 314 g/mol. The minimum atomic E-state index is -0.459. The van der Waals surface area contributed by atoms with Crippen molar-refractivity contribution in [3.63, 3.8) is 0 Å². The zero-order valence-corrected chi connectivity index (χ0v) is 13.6. The van der Waals surface area contributed by atoms with Crippen LogP contribution in [0.1, 0.15) is 31.2 Å². The Morgan fingerprint density at radius 1 is 1.17 bits per heavy atom. The van der Waals surface area contributed by atoms with Crippen LogP contribution in [0, 0.1) is 10.1 Å². The zero-order chi connectivity index (χ0) is 16.7. The Kier molecular flexibility index (Phi) is 6.22. The average Bonchev–Trinajstić information content (AvgIpc) is 2.82. The molecule has 0 radical (unpaired) electrons. The number of nitro groups is 1. The number of non-ortho nitro benzene ring substituents is 1. The lowest BCUT2D eigenvalue weighted by atomic mass is 10.2. The number of hydrogen-bond donors (Lipinski definition) is 1. The molecule has 0 saturated carbocycles. The average molecular weight is 333 g/mol. The van der Waals surface area contributed by atoms with Crippen molar-refractivity contribution >= 4 is 35.0 Å². The molecule has 6 nitrogen and oxygen atoms in total. The van der Waals surface area contributed by atoms with Gasteiger partial charge in [-0.25, -0.2) is 0 Å². The molecule has 0 bridgehead atoms. The van der Waals surface area contributed by atoms with Gasteiger partial charge in [0.2, 0.25) is 5.91 Å². The van der Waals surface area contributed by atoms with E-state index in [2.05, 4.69) is 5.32 Å². The maximum atomic E-state index is 11.9. The first-order valence-corrected chi connectivity index (χ1v) is 7.99. The van der Waals surface area contributed by atoms with E-state index in [4.69, 9.17) is 12.2 Å². The number of carbonyl (C=O) groups is 1. The highest BCUT2D eigenvalue weighted by Gasteiger charge is 2.13. The van der Waals surface area contributed by atoms with Gasteiger partial charge in [-0.3, -0.25) is 20.2 Å². The van der Waals surface area contributed by atoms with Gasteiger partial charge in [-0.15, -0.1) is 0 Å². The first kappa shape index (κ1) is 17.1. The maximum absolute atomic E-state index is 11.9. The summed E-state index contributed by atoms with van der Waals surface area (Å²) in [5.74, 6) is -0.294. The summed E-state index contributed by atoms with van der Waals surface area (Å²) in [5, 5.41) is 13.7. The van der Waals surface area contributed by atoms with Crippen molar-refractivity contribution < 1.29 is 9.72 Å². The molecule has 122 valence electrons. The maximum Gasteiger partial charge on any atom is 0.269 e. The predicted octanol–water partition coefficient (Wildman–Crippen LogP) is 2.89. The first-order valence-electron chi connectivity index (χ1n) is 7.59. The highest BCUT2D eigenvalue weighted by atomic mass is 32.1. The van der Waals surface area contributed by atoms with Crippen LogP contribution in [-0.4, -0.2) is 33.9 Å². The third kappa shape index (κ3) is 5.45. The van der Waals surface area contributed by atoms with Crippen LogP contribution in [0.5, 0.6) is 0 Å². The summed E-state index contributed by atoms with van der Waals surface area (Å²) in [6, 6.07) is 5.99. The van der Waals surface area contributed by atoms with Crippen LogP contribution in [0.25, 0.3) is 6.08 Å². The molecule has 0 aromatic heterocycles. The highest BCUT2D eigenvalue weighted by Crippen LogP contribution is 2.13. The van der Waals surface area contributed by atoms with Gasteiger partial charge in [0, 0.05) is 31.3 Å². The van der Waals surface area contributed by atoms with Gasteiger partial charge in [0.1, 0.15) is 0 Å². The molecule has 0 atom stereocenters. The summed E-state index contributed by atoms with van der Waals surface area (Å²) in [5.41, 5.74) is 0.736. The Morgan fingerprint density at radius 2 is 1.78 bits per heavy atom. The van der Waals surface area contributed by atoms with Crippen LogP contribution in [0.4, 0.5) is 5.69 Å². The monoisotopic (exact) mass is 333 g/mol. The van der Waals surface area contributed by atoms with E-state index < -0.39 is 4.92 Å². The van der Waals surface area contributed by atoms with Gasteiger partial charge in [-0.2, -0.15) is 0 Å². The topological polar surface area (TPSA) is 75.5 Å². The van der Waals surface area contributed by atoms with Crippen molar-refractivity contribution in [2.24, 2.45) is 0 Å². The van der Waals surface area contributed by atoms with E-state index in [1.54, 1.807) is 18.2 Å². The number of amides is 1. The molecule has 1 heterocycles. The molecule has 2 rings (SSSR count). The van der Waals surface area contributed by atoms with Gasteiger partial charge in [0.25, 0.3) is 5.69 Å². The number of likely N-dealkylation sites (tertiary alicyclic amines) is 1. The second-order valence-corrected chi connectivity index (χ2v) is 5.76. The fourth-order valence-electron chi connectivity index (χ4n) is 2.38. The number of benzene rings is 1. The second-order valence-electron chi connectivity index (χ2n) is 5.38. The standard InChI is InChI=1S/C16H19N3O3S/c20-15(17-16(23)18-11-3-1-2-4-12-18)10-7-13-5-8-14(9-6-13)19(21)22/h5-10H,1-4,11-12H2,(H,17,20,23)/b10-7+. The number of rotatable bonds is 3. The molecule has 23 heavy (non-hydrogen) atoms. The number of hydrogen-bond acceptors (Lipinski definition) is 4. The molecular formula is C16H19N3O3S. The van der Waals surface area contributed by atoms with E-state index in [9.17, 15) is 14.9 Å². The fraction of sp³-hybridized carbons (Fsp3) is 0.375. The molecule has 1 fully saturated rings. The summed E-state index contributed by atoms with van der Waals surface area (Å²) in [6.07, 6.45) is 7.57. The molecule has 1 N–H and O–H groups in total. The predicted molar refractivity (Wildman–Crippen MR) is 92.9 cm³/mol. The minimum absolute atomic E-state index is 0.0222. The SMILES string of the molecule is O=C(/C=C/c1ccc([N+](=O)[O-])cc1)NC(=S)N1CCCCCC1. The quantitative estimate of drug-likeness (QED) is 0.398. The van der Waals surface area contributed by atoms with Gasteiger partial charge in [-0.1, -0.05) is 12.8 Å². The van der Waals surface area contributed by atoms with E-state index in [1.165, 1.54) is 31.1 Å². The lowest BCUT2D eigenvalue weighted by Gasteiger charge is -2.22. The molecule has 0 unspecified atom stereocenters. The number of nitrogens with zero attached hydrogens (tertiary/aromatic N) is 2. The lowest BCUT2D eigenvalue weighted by Crippen LogP contribution is -2.42. The smallest absolute Gasteiger partial charge is 0.269 e. The third-order valence-corrected chi connectivity index (χ3v) is 4.01. The summed E-state index contributed by atoms with van der Waals surface area (Å²) < 4.78 is 0. The van der Waals surface area contributed by atoms with Crippen molar-refractivity contribution in [1.29, 1.82) is 0 Å². The minimum Gasteiger partial charge on any atom is -0.349 e. The molecule has 1 aromatic carbocycles. The van der Waals surface area contributed by atoms with Crippen molar-refractivity contribution in [3.05, 3.63) is 46.0 Å². The Hall–Kier alpha value is -2.28. The van der Waals surface area contributed by atoms with Crippen molar-refractivity contribution in [2.75, 3.05) is 13.1 Å². The number of nitro benzene ring substituents is 1. The van der Waals surface area contributed by atoms with Gasteiger partial charge in [0.15, 0.2) is 5.11 Å². The molecule has 1 amide bonds. The largest absolute Gasteiger partial charge is 0.349 e. The van der Waals surface area contributed by atoms with Crippen molar-refractivity contribution in [2.45, 2.75) is 25.7 Å². The van der Waals surface area contributed by atoms with Gasteiger partial charge in [-0.05, 0) is 48.8 Å². The Morgan fingerprint density at radius 3 is 2.35 bits per heavy atom. The van der Waals surface area contributed by atoms with E-state index in [0.29, 0.717) is 10.7 Å². The molecule has 1 saturated heterocycles. The van der Waals surface area contributed by atoms with Crippen LogP contribution in [0.3, 0.4) is 0 Å². The Balaban J connectivity index is 1.87. The van der Waals surface area contributed by atoms with Crippen molar-refractivity contribution in [3.8, 4) is 0 Å². The van der Waals surface area contributed by atoms with Gasteiger partial charge < -0.3 is 4.90 Å². The highest BCUT2D eigenvalue weighted by molar-refractivity contribution is 7.80. The normalized spacial score (nSPS) is 15.2. The fourth-order valence-corrected chi connectivity index (χ4v) is 2.66. The van der Waals surface area contributed by atoms with Crippen LogP contribution >= 0.6 is 12.2 Å². The molecule has 1 aromatic rings. The molecule has 7 heteroatoms. The van der Waals surface area contributed by atoms with Crippen LogP contribution < -0.4 is 5.32 Å². The van der Waals surface area contributed by atoms with E-state index >= 15 is 0 Å².